The highest BCUT2D eigenvalue weighted by atomic mass is 16.3. The van der Waals surface area contributed by atoms with Gasteiger partial charge in [0, 0.05) is 31.2 Å². The third-order valence-electron chi connectivity index (χ3n) is 6.53. The molecule has 0 amide bonds. The Bertz CT molecular complexity index is 1620. The number of aromatic nitrogens is 1. The Kier molecular flexibility index (Phi) is 4.73. The molecule has 33 heavy (non-hydrogen) atoms. The number of benzene rings is 3. The third-order valence-corrected chi connectivity index (χ3v) is 6.53. The third kappa shape index (κ3) is 3.31. The summed E-state index contributed by atoms with van der Waals surface area (Å²) in [7, 11) is 2.05. The number of nitrogens with zero attached hydrogens (tertiary/aromatic N) is 2. The van der Waals surface area contributed by atoms with Crippen LogP contribution in [0.25, 0.3) is 49.2 Å². The zero-order valence-electron chi connectivity index (χ0n) is 20.7. The number of rotatable bonds is 3. The van der Waals surface area contributed by atoms with E-state index in [1.54, 1.807) is 6.07 Å². The standard InChI is InChI=1S/C30H27N2O/c1-18(2)22-16-20(4)32(6)26(17-22)27-19(3)15-24(21-11-8-7-9-12-21)28-23-13-10-14-25(31-5)29(23)33-30(27)28/h7-18H,1-4,6H3/q+1/i18D. The Hall–Kier alpha value is -3.90. The summed E-state index contributed by atoms with van der Waals surface area (Å²) in [6.07, 6.45) is 0. The van der Waals surface area contributed by atoms with Gasteiger partial charge in [0.15, 0.2) is 5.69 Å². The first-order valence-electron chi connectivity index (χ1n) is 11.6. The molecule has 2 heterocycles. The van der Waals surface area contributed by atoms with Gasteiger partial charge < -0.3 is 4.42 Å². The van der Waals surface area contributed by atoms with E-state index >= 15 is 0 Å². The number of hydrogen-bond acceptors (Lipinski definition) is 1. The number of furan rings is 1. The zero-order chi connectivity index (χ0) is 24.2. The van der Waals surface area contributed by atoms with E-state index in [0.717, 1.165) is 55.6 Å². The summed E-state index contributed by atoms with van der Waals surface area (Å²) in [6.45, 7) is 15.7. The van der Waals surface area contributed by atoms with Gasteiger partial charge in [-0.2, -0.15) is 4.57 Å². The first kappa shape index (κ1) is 19.8. The predicted molar refractivity (Wildman–Crippen MR) is 136 cm³/mol. The molecule has 2 aromatic heterocycles. The molecule has 0 unspecified atom stereocenters. The van der Waals surface area contributed by atoms with Crippen LogP contribution in [-0.4, -0.2) is 0 Å². The van der Waals surface area contributed by atoms with Crippen LogP contribution in [0.2, 0.25) is 0 Å². The van der Waals surface area contributed by atoms with Crippen LogP contribution in [0.1, 0.15) is 37.9 Å². The number of fused-ring (bicyclic) bond motifs is 3. The van der Waals surface area contributed by atoms with E-state index in [2.05, 4.69) is 60.6 Å². The van der Waals surface area contributed by atoms with Crippen molar-refractivity contribution in [1.29, 1.82) is 0 Å². The molecule has 0 saturated heterocycles. The van der Waals surface area contributed by atoms with E-state index in [0.29, 0.717) is 11.3 Å². The van der Waals surface area contributed by atoms with Crippen LogP contribution in [0.15, 0.2) is 71.1 Å². The summed E-state index contributed by atoms with van der Waals surface area (Å²) in [6, 6.07) is 22.5. The van der Waals surface area contributed by atoms with Gasteiger partial charge in [-0.3, -0.25) is 0 Å². The fraction of sp³-hybridized carbons (Fsp3) is 0.200. The normalized spacial score (nSPS) is 12.2. The molecule has 0 atom stereocenters. The second kappa shape index (κ2) is 7.90. The summed E-state index contributed by atoms with van der Waals surface area (Å²) in [5.74, 6) is -0.726. The van der Waals surface area contributed by atoms with Crippen LogP contribution in [0.5, 0.6) is 0 Å². The molecule has 0 radical (unpaired) electrons. The van der Waals surface area contributed by atoms with Crippen LogP contribution in [0, 0.1) is 20.4 Å². The average molecular weight is 433 g/mol. The number of aryl methyl sites for hydroxylation is 2. The topological polar surface area (TPSA) is 21.4 Å². The zero-order valence-corrected chi connectivity index (χ0v) is 19.7. The van der Waals surface area contributed by atoms with Crippen molar-refractivity contribution in [3.8, 4) is 22.4 Å². The Morgan fingerprint density at radius 1 is 0.970 bits per heavy atom. The van der Waals surface area contributed by atoms with Crippen LogP contribution in [0.3, 0.4) is 0 Å². The molecule has 3 aromatic carbocycles. The molecule has 5 rings (SSSR count). The van der Waals surface area contributed by atoms with Gasteiger partial charge in [-0.05, 0) is 41.1 Å². The van der Waals surface area contributed by atoms with Crippen LogP contribution < -0.4 is 4.57 Å². The van der Waals surface area contributed by atoms with E-state index in [-0.39, 0.29) is 0 Å². The minimum atomic E-state index is -0.726. The fourth-order valence-electron chi connectivity index (χ4n) is 4.67. The molecule has 3 nitrogen and oxygen atoms in total. The van der Waals surface area contributed by atoms with Gasteiger partial charge in [0.05, 0.1) is 12.1 Å². The van der Waals surface area contributed by atoms with Gasteiger partial charge in [0.25, 0.3) is 0 Å². The van der Waals surface area contributed by atoms with E-state index in [9.17, 15) is 0 Å². The lowest BCUT2D eigenvalue weighted by Crippen LogP contribution is -2.35. The van der Waals surface area contributed by atoms with Crippen LogP contribution in [0.4, 0.5) is 5.69 Å². The monoisotopic (exact) mass is 432 g/mol. The Labute approximate surface area is 196 Å². The van der Waals surface area contributed by atoms with Gasteiger partial charge in [-0.25, -0.2) is 4.85 Å². The average Bonchev–Trinajstić information content (AvgIpc) is 3.20. The quantitative estimate of drug-likeness (QED) is 0.209. The summed E-state index contributed by atoms with van der Waals surface area (Å²) < 4.78 is 17.3. The molecule has 0 saturated carbocycles. The van der Waals surface area contributed by atoms with E-state index in [1.807, 2.05) is 44.2 Å². The van der Waals surface area contributed by atoms with Crippen molar-refractivity contribution in [2.75, 3.05) is 0 Å². The Morgan fingerprint density at radius 3 is 2.42 bits per heavy atom. The van der Waals surface area contributed by atoms with Crippen molar-refractivity contribution >= 4 is 27.6 Å². The first-order valence-corrected chi connectivity index (χ1v) is 11.1. The van der Waals surface area contributed by atoms with Crippen molar-refractivity contribution < 1.29 is 10.4 Å². The Morgan fingerprint density at radius 2 is 1.73 bits per heavy atom. The minimum absolute atomic E-state index is 0.512. The Balaban J connectivity index is 1.98. The molecule has 0 aliphatic carbocycles. The SMILES string of the molecule is [2H]C(C)(C)c1cc(C)[n+](C)c(-c2c(C)cc(-c3ccccc3)c3c2oc2c([N+]#[C-])cccc23)c1. The van der Waals surface area contributed by atoms with Gasteiger partial charge in [0.1, 0.15) is 18.2 Å². The van der Waals surface area contributed by atoms with Gasteiger partial charge in [-0.15, -0.1) is 0 Å². The minimum Gasteiger partial charge on any atom is -0.466 e. The molecule has 0 bridgehead atoms. The largest absolute Gasteiger partial charge is 0.466 e. The molecule has 0 N–H and O–H groups in total. The molecule has 0 spiro atoms. The van der Waals surface area contributed by atoms with Crippen molar-refractivity contribution in [3.05, 3.63) is 95.0 Å². The maximum atomic E-state index is 8.64. The first-order chi connectivity index (χ1) is 16.2. The molecule has 0 aliphatic rings. The second-order valence-electron chi connectivity index (χ2n) is 8.88. The summed E-state index contributed by atoms with van der Waals surface area (Å²) in [5, 5.41) is 1.96. The van der Waals surface area contributed by atoms with Crippen LogP contribution >= 0.6 is 0 Å². The maximum Gasteiger partial charge on any atom is 0.229 e. The molecule has 5 aromatic rings. The van der Waals surface area contributed by atoms with E-state index in [1.165, 1.54) is 0 Å². The van der Waals surface area contributed by atoms with Crippen molar-refractivity contribution in [2.45, 2.75) is 33.6 Å². The lowest BCUT2D eigenvalue weighted by atomic mass is 9.91. The molecule has 0 fully saturated rings. The smallest absolute Gasteiger partial charge is 0.229 e. The highest BCUT2D eigenvalue weighted by Crippen LogP contribution is 2.45. The molecule has 0 aliphatic heterocycles. The molecule has 162 valence electrons. The van der Waals surface area contributed by atoms with E-state index in [4.69, 9.17) is 12.4 Å². The van der Waals surface area contributed by atoms with Gasteiger partial charge in [-0.1, -0.05) is 62.4 Å². The number of hydrogen-bond donors (Lipinski definition) is 0. The summed E-state index contributed by atoms with van der Waals surface area (Å²) >= 11 is 0. The van der Waals surface area contributed by atoms with Crippen LogP contribution in [-0.2, 0) is 7.05 Å². The highest BCUT2D eigenvalue weighted by Gasteiger charge is 2.26. The van der Waals surface area contributed by atoms with Gasteiger partial charge >= 0.3 is 0 Å². The lowest BCUT2D eigenvalue weighted by Gasteiger charge is -2.13. The molecular formula is C30H27N2O+. The predicted octanol–water partition coefficient (Wildman–Crippen LogP) is 8.04. The second-order valence-corrected chi connectivity index (χ2v) is 8.88. The van der Waals surface area contributed by atoms with Crippen molar-refractivity contribution in [2.24, 2.45) is 7.05 Å². The maximum absolute atomic E-state index is 8.64. The lowest BCUT2D eigenvalue weighted by molar-refractivity contribution is -0.666. The van der Waals surface area contributed by atoms with Crippen molar-refractivity contribution in [3.63, 3.8) is 0 Å². The summed E-state index contributed by atoms with van der Waals surface area (Å²) in [4.78, 5) is 3.73. The molecule has 3 heteroatoms. The fourth-order valence-corrected chi connectivity index (χ4v) is 4.67. The van der Waals surface area contributed by atoms with Crippen molar-refractivity contribution in [1.82, 2.24) is 0 Å². The summed E-state index contributed by atoms with van der Waals surface area (Å²) in [5.41, 5.74) is 9.23. The number of pyridine rings is 1. The number of para-hydroxylation sites is 1. The highest BCUT2D eigenvalue weighted by molar-refractivity contribution is 6.18. The molecular weight excluding hydrogens is 404 g/mol. The van der Waals surface area contributed by atoms with Gasteiger partial charge in [0.2, 0.25) is 11.4 Å². The van der Waals surface area contributed by atoms with E-state index < -0.39 is 5.89 Å².